The maximum atomic E-state index is 11.1. The second-order valence-corrected chi connectivity index (χ2v) is 5.18. The van der Waals surface area contributed by atoms with Crippen LogP contribution >= 0.6 is 0 Å². The molecule has 0 saturated heterocycles. The number of carbonyl (C=O) groups is 1. The molecule has 0 aromatic carbocycles. The summed E-state index contributed by atoms with van der Waals surface area (Å²) in [4.78, 5) is 11.1. The first-order chi connectivity index (χ1) is 11.5. The summed E-state index contributed by atoms with van der Waals surface area (Å²) in [6.07, 6.45) is 0.286. The van der Waals surface area contributed by atoms with Crippen molar-refractivity contribution < 1.29 is 33.2 Å². The lowest BCUT2D eigenvalue weighted by atomic mass is 10.3. The van der Waals surface area contributed by atoms with Crippen LogP contribution in [0.5, 0.6) is 0 Å². The number of carbonyl (C=O) groups excluding carboxylic acids is 1. The molecule has 0 rings (SSSR count). The molecule has 7 heteroatoms. The average molecular weight is 348 g/mol. The van der Waals surface area contributed by atoms with Gasteiger partial charge in [-0.2, -0.15) is 0 Å². The first kappa shape index (κ1) is 23.0. The zero-order valence-electron chi connectivity index (χ0n) is 15.4. The molecule has 0 aliphatic carbocycles. The normalized spacial score (nSPS) is 13.5. The Balaban J connectivity index is 3.60. The molecule has 0 aliphatic rings. The molecule has 0 fully saturated rings. The fourth-order valence-corrected chi connectivity index (χ4v) is 1.68. The van der Waals surface area contributed by atoms with Crippen LogP contribution in [0.4, 0.5) is 0 Å². The molecule has 0 bridgehead atoms. The molecule has 0 heterocycles. The minimum Gasteiger partial charge on any atom is -0.460 e. The lowest BCUT2D eigenvalue weighted by Crippen LogP contribution is -2.25. The van der Waals surface area contributed by atoms with Crippen LogP contribution in [0.2, 0.25) is 0 Å². The quantitative estimate of drug-likeness (QED) is 0.183. The van der Waals surface area contributed by atoms with Crippen molar-refractivity contribution in [3.8, 4) is 0 Å². The molecule has 0 N–H and O–H groups in total. The van der Waals surface area contributed by atoms with Crippen molar-refractivity contribution in [1.29, 1.82) is 0 Å². The standard InChI is InChI=1S/C17H32O7/c1-6-20-7-10-22-15(4)13-16(19-5)23-11-8-21-9-12-24-17(18)14(2)3/h15-16H,2,6-13H2,1,3-5H3. The van der Waals surface area contributed by atoms with Gasteiger partial charge >= 0.3 is 5.97 Å². The molecule has 142 valence electrons. The van der Waals surface area contributed by atoms with Crippen LogP contribution in [0, 0.1) is 0 Å². The Morgan fingerprint density at radius 1 is 1.00 bits per heavy atom. The third-order valence-corrected chi connectivity index (χ3v) is 2.96. The Morgan fingerprint density at radius 3 is 2.25 bits per heavy atom. The van der Waals surface area contributed by atoms with Gasteiger partial charge in [-0.25, -0.2) is 4.79 Å². The summed E-state index contributed by atoms with van der Waals surface area (Å²) in [5, 5.41) is 0. The highest BCUT2D eigenvalue weighted by molar-refractivity contribution is 5.86. The average Bonchev–Trinajstić information content (AvgIpc) is 2.56. The van der Waals surface area contributed by atoms with Crippen molar-refractivity contribution in [2.75, 3.05) is 53.4 Å². The van der Waals surface area contributed by atoms with Gasteiger partial charge in [0.15, 0.2) is 6.29 Å². The number of methoxy groups -OCH3 is 1. The maximum Gasteiger partial charge on any atom is 0.333 e. The number of esters is 1. The van der Waals surface area contributed by atoms with E-state index in [9.17, 15) is 4.79 Å². The Bertz CT molecular complexity index is 333. The Hall–Kier alpha value is -0.990. The van der Waals surface area contributed by atoms with Gasteiger partial charge in [-0.15, -0.1) is 0 Å². The van der Waals surface area contributed by atoms with Crippen LogP contribution in [-0.2, 0) is 33.2 Å². The van der Waals surface area contributed by atoms with E-state index in [1.165, 1.54) is 0 Å². The van der Waals surface area contributed by atoms with Crippen molar-refractivity contribution in [3.05, 3.63) is 12.2 Å². The zero-order valence-corrected chi connectivity index (χ0v) is 15.4. The molecule has 2 atom stereocenters. The summed E-state index contributed by atoms with van der Waals surface area (Å²) >= 11 is 0. The molecule has 24 heavy (non-hydrogen) atoms. The van der Waals surface area contributed by atoms with Gasteiger partial charge in [-0.05, 0) is 20.8 Å². The molecule has 2 unspecified atom stereocenters. The molecule has 0 saturated carbocycles. The molecule has 0 spiro atoms. The highest BCUT2D eigenvalue weighted by atomic mass is 16.7. The van der Waals surface area contributed by atoms with Crippen LogP contribution in [0.15, 0.2) is 12.2 Å². The molecule has 0 amide bonds. The van der Waals surface area contributed by atoms with Crippen LogP contribution in [0.25, 0.3) is 0 Å². The third-order valence-electron chi connectivity index (χ3n) is 2.96. The summed E-state index contributed by atoms with van der Waals surface area (Å²) in [5.41, 5.74) is 0.374. The van der Waals surface area contributed by atoms with Gasteiger partial charge < -0.3 is 28.4 Å². The predicted molar refractivity (Wildman–Crippen MR) is 89.9 cm³/mol. The van der Waals surface area contributed by atoms with Crippen LogP contribution in [0.3, 0.4) is 0 Å². The maximum absolute atomic E-state index is 11.1. The molecule has 0 aromatic heterocycles. The van der Waals surface area contributed by atoms with E-state index in [0.29, 0.717) is 51.6 Å². The molecule has 7 nitrogen and oxygen atoms in total. The van der Waals surface area contributed by atoms with Crippen molar-refractivity contribution in [1.82, 2.24) is 0 Å². The molecular formula is C17H32O7. The highest BCUT2D eigenvalue weighted by Gasteiger charge is 2.13. The molecule has 0 radical (unpaired) electrons. The predicted octanol–water partition coefficient (Wildman–Crippen LogP) is 1.94. The number of ether oxygens (including phenoxy) is 6. The highest BCUT2D eigenvalue weighted by Crippen LogP contribution is 2.07. The van der Waals surface area contributed by atoms with Crippen LogP contribution < -0.4 is 0 Å². The van der Waals surface area contributed by atoms with Gasteiger partial charge in [0.05, 0.1) is 39.1 Å². The van der Waals surface area contributed by atoms with E-state index >= 15 is 0 Å². The van der Waals surface area contributed by atoms with Crippen LogP contribution in [0.1, 0.15) is 27.2 Å². The number of rotatable bonds is 16. The summed E-state index contributed by atoms with van der Waals surface area (Å²) in [6, 6.07) is 0. The second-order valence-electron chi connectivity index (χ2n) is 5.18. The topological polar surface area (TPSA) is 72.5 Å². The number of hydrogen-bond donors (Lipinski definition) is 0. The molecule has 0 aliphatic heterocycles. The fourth-order valence-electron chi connectivity index (χ4n) is 1.68. The van der Waals surface area contributed by atoms with Gasteiger partial charge in [0, 0.05) is 25.7 Å². The first-order valence-electron chi connectivity index (χ1n) is 8.25. The van der Waals surface area contributed by atoms with Gasteiger partial charge in [0.25, 0.3) is 0 Å². The lowest BCUT2D eigenvalue weighted by Gasteiger charge is -2.20. The van der Waals surface area contributed by atoms with Gasteiger partial charge in [0.1, 0.15) is 6.61 Å². The van der Waals surface area contributed by atoms with Gasteiger partial charge in [0.2, 0.25) is 0 Å². The van der Waals surface area contributed by atoms with Crippen molar-refractivity contribution >= 4 is 5.97 Å². The van der Waals surface area contributed by atoms with Crippen LogP contribution in [-0.4, -0.2) is 71.7 Å². The van der Waals surface area contributed by atoms with E-state index in [1.807, 2.05) is 13.8 Å². The Labute approximate surface area is 145 Å². The van der Waals surface area contributed by atoms with Gasteiger partial charge in [-0.1, -0.05) is 6.58 Å². The zero-order chi connectivity index (χ0) is 18.2. The smallest absolute Gasteiger partial charge is 0.333 e. The summed E-state index contributed by atoms with van der Waals surface area (Å²) in [6.45, 7) is 12.1. The Morgan fingerprint density at radius 2 is 1.62 bits per heavy atom. The number of hydrogen-bond acceptors (Lipinski definition) is 7. The van der Waals surface area contributed by atoms with E-state index in [1.54, 1.807) is 14.0 Å². The summed E-state index contributed by atoms with van der Waals surface area (Å²) < 4.78 is 31.9. The third kappa shape index (κ3) is 13.4. The SMILES string of the molecule is C=C(C)C(=O)OCCOCCOC(CC(C)OCCOCC)OC. The summed E-state index contributed by atoms with van der Waals surface area (Å²) in [7, 11) is 1.59. The molecular weight excluding hydrogens is 316 g/mol. The van der Waals surface area contributed by atoms with E-state index in [0.717, 1.165) is 0 Å². The summed E-state index contributed by atoms with van der Waals surface area (Å²) in [5.74, 6) is -0.410. The molecule has 0 aromatic rings. The lowest BCUT2D eigenvalue weighted by molar-refractivity contribution is -0.155. The van der Waals surface area contributed by atoms with Crippen molar-refractivity contribution in [2.45, 2.75) is 39.6 Å². The minimum absolute atomic E-state index is 0.0119. The minimum atomic E-state index is -0.410. The Kier molecular flexibility index (Phi) is 14.9. The monoisotopic (exact) mass is 348 g/mol. The van der Waals surface area contributed by atoms with E-state index < -0.39 is 5.97 Å². The van der Waals surface area contributed by atoms with Gasteiger partial charge in [-0.3, -0.25) is 0 Å². The second kappa shape index (κ2) is 15.5. The fraction of sp³-hybridized carbons (Fsp3) is 0.824. The largest absolute Gasteiger partial charge is 0.460 e. The van der Waals surface area contributed by atoms with E-state index in [4.69, 9.17) is 28.4 Å². The van der Waals surface area contributed by atoms with Crippen molar-refractivity contribution in [3.63, 3.8) is 0 Å². The first-order valence-corrected chi connectivity index (χ1v) is 8.25. The van der Waals surface area contributed by atoms with E-state index in [2.05, 4.69) is 6.58 Å². The van der Waals surface area contributed by atoms with Crippen molar-refractivity contribution in [2.24, 2.45) is 0 Å². The van der Waals surface area contributed by atoms with E-state index in [-0.39, 0.29) is 19.0 Å².